The summed E-state index contributed by atoms with van der Waals surface area (Å²) in [4.78, 5) is 13.9. The van der Waals surface area contributed by atoms with Gasteiger partial charge in [-0.25, -0.2) is 4.68 Å². The van der Waals surface area contributed by atoms with Crippen molar-refractivity contribution in [3.8, 4) is 17.5 Å². The van der Waals surface area contributed by atoms with Gasteiger partial charge in [0.1, 0.15) is 5.75 Å². The summed E-state index contributed by atoms with van der Waals surface area (Å²) in [6, 6.07) is 11.0. The Kier molecular flexibility index (Phi) is 4.79. The number of rotatable bonds is 5. The number of methoxy groups -OCH3 is 1. The highest BCUT2D eigenvalue weighted by atomic mass is 16.5. The Labute approximate surface area is 129 Å². The van der Waals surface area contributed by atoms with Crippen molar-refractivity contribution >= 4 is 5.91 Å². The van der Waals surface area contributed by atoms with Crippen molar-refractivity contribution in [2.24, 2.45) is 0 Å². The largest absolute Gasteiger partial charge is 0.497 e. The summed E-state index contributed by atoms with van der Waals surface area (Å²) < 4.78 is 6.75. The molecule has 1 heterocycles. The summed E-state index contributed by atoms with van der Waals surface area (Å²) in [5, 5.41) is 13.0. The van der Waals surface area contributed by atoms with E-state index >= 15 is 0 Å². The van der Waals surface area contributed by atoms with Gasteiger partial charge in [0.05, 0.1) is 25.3 Å². The Bertz CT molecular complexity index is 685. The molecule has 6 heteroatoms. The van der Waals surface area contributed by atoms with Gasteiger partial charge in [-0.1, -0.05) is 0 Å². The van der Waals surface area contributed by atoms with Crippen molar-refractivity contribution in [3.63, 3.8) is 0 Å². The van der Waals surface area contributed by atoms with Crippen LogP contribution in [0.3, 0.4) is 0 Å². The van der Waals surface area contributed by atoms with Crippen LogP contribution < -0.4 is 4.74 Å². The molecule has 0 radical (unpaired) electrons. The summed E-state index contributed by atoms with van der Waals surface area (Å²) in [6.07, 6.45) is 2.03. The van der Waals surface area contributed by atoms with Crippen LogP contribution in [-0.2, 0) is 0 Å². The molecule has 1 atom stereocenters. The zero-order valence-electron chi connectivity index (χ0n) is 12.9. The van der Waals surface area contributed by atoms with E-state index in [1.165, 1.54) is 4.90 Å². The van der Waals surface area contributed by atoms with Gasteiger partial charge in [-0.3, -0.25) is 4.79 Å². The van der Waals surface area contributed by atoms with Crippen molar-refractivity contribution in [2.75, 3.05) is 14.2 Å². The van der Waals surface area contributed by atoms with E-state index in [1.807, 2.05) is 31.2 Å². The fraction of sp³-hybridized carbons (Fsp3) is 0.312. The van der Waals surface area contributed by atoms with Crippen molar-refractivity contribution in [1.82, 2.24) is 14.7 Å². The lowest BCUT2D eigenvalue weighted by molar-refractivity contribution is 0.0740. The minimum atomic E-state index is -0.199. The second-order valence-electron chi connectivity index (χ2n) is 4.97. The summed E-state index contributed by atoms with van der Waals surface area (Å²) in [5.41, 5.74) is 1.19. The number of nitrogens with zero attached hydrogens (tertiary/aromatic N) is 4. The normalized spacial score (nSPS) is 11.5. The van der Waals surface area contributed by atoms with Crippen molar-refractivity contribution in [1.29, 1.82) is 5.26 Å². The van der Waals surface area contributed by atoms with Crippen molar-refractivity contribution in [3.05, 3.63) is 42.2 Å². The van der Waals surface area contributed by atoms with E-state index in [4.69, 9.17) is 10.00 Å². The van der Waals surface area contributed by atoms with Gasteiger partial charge in [-0.05, 0) is 37.3 Å². The van der Waals surface area contributed by atoms with Crippen LogP contribution in [0.5, 0.6) is 5.75 Å². The molecule has 0 unspecified atom stereocenters. The molecule has 0 aliphatic rings. The third-order valence-corrected chi connectivity index (χ3v) is 3.51. The van der Waals surface area contributed by atoms with E-state index in [0.717, 1.165) is 11.4 Å². The maximum absolute atomic E-state index is 12.3. The Hall–Kier alpha value is -2.81. The summed E-state index contributed by atoms with van der Waals surface area (Å²) >= 11 is 0. The smallest absolute Gasteiger partial charge is 0.274 e. The highest BCUT2D eigenvalue weighted by Crippen LogP contribution is 2.15. The van der Waals surface area contributed by atoms with E-state index in [1.54, 1.807) is 31.1 Å². The number of carbonyl (C=O) groups is 1. The number of aromatic nitrogens is 2. The topological polar surface area (TPSA) is 71.2 Å². The van der Waals surface area contributed by atoms with E-state index in [2.05, 4.69) is 11.2 Å². The van der Waals surface area contributed by atoms with Gasteiger partial charge >= 0.3 is 0 Å². The van der Waals surface area contributed by atoms with E-state index in [-0.39, 0.29) is 11.9 Å². The summed E-state index contributed by atoms with van der Waals surface area (Å²) in [5.74, 6) is 0.562. The van der Waals surface area contributed by atoms with Crippen LogP contribution in [0, 0.1) is 11.3 Å². The Balaban J connectivity index is 2.16. The van der Waals surface area contributed by atoms with E-state index in [0.29, 0.717) is 12.1 Å². The zero-order valence-corrected chi connectivity index (χ0v) is 12.9. The van der Waals surface area contributed by atoms with Crippen molar-refractivity contribution < 1.29 is 9.53 Å². The van der Waals surface area contributed by atoms with Crippen LogP contribution in [0.1, 0.15) is 23.8 Å². The maximum atomic E-state index is 12.3. The first-order valence-electron chi connectivity index (χ1n) is 6.91. The standard InChI is InChI=1S/C16H18N4O2/c1-12(8-10-17)19(2)16(21)15-9-11-20(18-15)13-4-6-14(22-3)7-5-13/h4-7,9,11-12H,8H2,1-3H3/t12-/m1/s1. The SMILES string of the molecule is COc1ccc(-n2ccc(C(=O)N(C)[C@H](C)CC#N)n2)cc1. The second-order valence-corrected chi connectivity index (χ2v) is 4.97. The zero-order chi connectivity index (χ0) is 16.1. The summed E-state index contributed by atoms with van der Waals surface area (Å²) in [7, 11) is 3.29. The molecule has 0 bridgehead atoms. The predicted molar refractivity (Wildman–Crippen MR) is 81.9 cm³/mol. The first-order chi connectivity index (χ1) is 10.6. The first kappa shape index (κ1) is 15.6. The molecular formula is C16H18N4O2. The number of amides is 1. The molecule has 0 saturated heterocycles. The van der Waals surface area contributed by atoms with Crippen LogP contribution in [-0.4, -0.2) is 40.8 Å². The van der Waals surface area contributed by atoms with E-state index < -0.39 is 0 Å². The van der Waals surface area contributed by atoms with Crippen LogP contribution in [0.15, 0.2) is 36.5 Å². The molecule has 2 aromatic rings. The lowest BCUT2D eigenvalue weighted by Crippen LogP contribution is -2.35. The minimum Gasteiger partial charge on any atom is -0.497 e. The third kappa shape index (κ3) is 3.26. The molecule has 2 rings (SSSR count). The molecule has 1 aromatic heterocycles. The second kappa shape index (κ2) is 6.76. The molecule has 1 amide bonds. The van der Waals surface area contributed by atoms with Gasteiger partial charge in [-0.2, -0.15) is 10.4 Å². The van der Waals surface area contributed by atoms with Gasteiger partial charge in [0.25, 0.3) is 5.91 Å². The average Bonchev–Trinajstić information content (AvgIpc) is 3.03. The molecule has 0 N–H and O–H groups in total. The lowest BCUT2D eigenvalue weighted by atomic mass is 10.2. The molecule has 0 spiro atoms. The lowest BCUT2D eigenvalue weighted by Gasteiger charge is -2.21. The molecule has 114 valence electrons. The molecule has 0 aliphatic carbocycles. The molecule has 0 fully saturated rings. The minimum absolute atomic E-state index is 0.149. The summed E-state index contributed by atoms with van der Waals surface area (Å²) in [6.45, 7) is 1.83. The quantitative estimate of drug-likeness (QED) is 0.849. The van der Waals surface area contributed by atoms with Crippen molar-refractivity contribution in [2.45, 2.75) is 19.4 Å². The first-order valence-corrected chi connectivity index (χ1v) is 6.91. The molecule has 6 nitrogen and oxygen atoms in total. The Morgan fingerprint density at radius 2 is 2.09 bits per heavy atom. The number of hydrogen-bond acceptors (Lipinski definition) is 4. The average molecular weight is 298 g/mol. The van der Waals surface area contributed by atoms with Gasteiger partial charge < -0.3 is 9.64 Å². The molecule has 1 aromatic carbocycles. The number of ether oxygens (including phenoxy) is 1. The number of carbonyl (C=O) groups excluding carboxylic acids is 1. The fourth-order valence-corrected chi connectivity index (χ4v) is 1.97. The monoisotopic (exact) mass is 298 g/mol. The molecular weight excluding hydrogens is 280 g/mol. The molecule has 0 aliphatic heterocycles. The number of hydrogen-bond donors (Lipinski definition) is 0. The van der Waals surface area contributed by atoms with E-state index in [9.17, 15) is 4.79 Å². The molecule has 0 saturated carbocycles. The van der Waals surface area contributed by atoms with Gasteiger partial charge in [-0.15, -0.1) is 0 Å². The number of nitriles is 1. The van der Waals surface area contributed by atoms with Gasteiger partial charge in [0, 0.05) is 19.3 Å². The highest BCUT2D eigenvalue weighted by Gasteiger charge is 2.19. The Morgan fingerprint density at radius 1 is 1.41 bits per heavy atom. The maximum Gasteiger partial charge on any atom is 0.274 e. The van der Waals surface area contributed by atoms with Crippen LogP contribution in [0.2, 0.25) is 0 Å². The molecule has 22 heavy (non-hydrogen) atoms. The predicted octanol–water partition coefficient (Wildman–Crippen LogP) is 2.26. The number of benzene rings is 1. The van der Waals surface area contributed by atoms with Gasteiger partial charge in [0.2, 0.25) is 0 Å². The van der Waals surface area contributed by atoms with Gasteiger partial charge in [0.15, 0.2) is 5.69 Å². The fourth-order valence-electron chi connectivity index (χ4n) is 1.97. The third-order valence-electron chi connectivity index (χ3n) is 3.51. The Morgan fingerprint density at radius 3 is 2.68 bits per heavy atom. The van der Waals surface area contributed by atoms with Crippen LogP contribution >= 0.6 is 0 Å². The van der Waals surface area contributed by atoms with Crippen LogP contribution in [0.4, 0.5) is 0 Å². The highest BCUT2D eigenvalue weighted by molar-refractivity contribution is 5.92. The van der Waals surface area contributed by atoms with Crippen LogP contribution in [0.25, 0.3) is 5.69 Å².